The highest BCUT2D eigenvalue weighted by Crippen LogP contribution is 2.27. The first-order valence-electron chi connectivity index (χ1n) is 5.90. The van der Waals surface area contributed by atoms with Crippen molar-refractivity contribution in [1.29, 1.82) is 0 Å². The number of aliphatic carboxylic acids is 1. The minimum atomic E-state index is -1.11. The molecule has 0 aliphatic heterocycles. The summed E-state index contributed by atoms with van der Waals surface area (Å²) in [7, 11) is 0. The van der Waals surface area contributed by atoms with Gasteiger partial charge in [0.25, 0.3) is 0 Å². The number of carboxylic acids is 1. The number of carboxylic acid groups (broad SMARTS) is 1. The zero-order chi connectivity index (χ0) is 14.7. The average Bonchev–Trinajstić information content (AvgIpc) is 2.40. The molecule has 0 radical (unpaired) electrons. The van der Waals surface area contributed by atoms with E-state index >= 15 is 0 Å². The number of benzene rings is 2. The van der Waals surface area contributed by atoms with Crippen molar-refractivity contribution in [1.82, 2.24) is 0 Å². The van der Waals surface area contributed by atoms with Crippen LogP contribution in [0.25, 0.3) is 0 Å². The number of hydrogen-bond donors (Lipinski definition) is 1. The molecule has 0 saturated carbocycles. The van der Waals surface area contributed by atoms with Gasteiger partial charge in [-0.3, -0.25) is 4.79 Å². The van der Waals surface area contributed by atoms with E-state index in [1.165, 1.54) is 30.3 Å². The summed E-state index contributed by atoms with van der Waals surface area (Å²) in [5.74, 6) is -3.22. The largest absolute Gasteiger partial charge is 0.481 e. The zero-order valence-electron chi connectivity index (χ0n) is 10.3. The van der Waals surface area contributed by atoms with E-state index in [2.05, 4.69) is 0 Å². The predicted octanol–water partition coefficient (Wildman–Crippen LogP) is 4.03. The fraction of sp³-hybridized carbons (Fsp3) is 0.133. The molecule has 0 heterocycles. The first kappa shape index (κ1) is 14.5. The minimum Gasteiger partial charge on any atom is -0.481 e. The Labute approximate surface area is 119 Å². The van der Waals surface area contributed by atoms with Crippen LogP contribution in [-0.2, 0) is 11.2 Å². The summed E-state index contributed by atoms with van der Waals surface area (Å²) >= 11 is 5.82. The van der Waals surface area contributed by atoms with Crippen molar-refractivity contribution in [2.45, 2.75) is 12.3 Å². The fourth-order valence-corrected chi connectivity index (χ4v) is 2.20. The highest BCUT2D eigenvalue weighted by atomic mass is 35.5. The van der Waals surface area contributed by atoms with Gasteiger partial charge in [0.05, 0.1) is 10.9 Å². The van der Waals surface area contributed by atoms with Crippen LogP contribution in [0.2, 0.25) is 5.02 Å². The molecule has 0 fully saturated rings. The second-order valence-electron chi connectivity index (χ2n) is 4.36. The van der Waals surface area contributed by atoms with Crippen LogP contribution in [0.4, 0.5) is 8.78 Å². The van der Waals surface area contributed by atoms with Crippen LogP contribution < -0.4 is 0 Å². The Morgan fingerprint density at radius 2 is 1.90 bits per heavy atom. The fourth-order valence-electron chi connectivity index (χ4n) is 2.00. The molecular formula is C15H11ClF2O2. The van der Waals surface area contributed by atoms with Crippen molar-refractivity contribution in [3.05, 3.63) is 70.2 Å². The summed E-state index contributed by atoms with van der Waals surface area (Å²) in [5.41, 5.74) is 0.696. The normalized spacial score (nSPS) is 12.2. The van der Waals surface area contributed by atoms with E-state index in [-0.39, 0.29) is 11.4 Å². The van der Waals surface area contributed by atoms with Gasteiger partial charge in [0.1, 0.15) is 11.6 Å². The molecule has 2 rings (SSSR count). The molecule has 0 amide bonds. The highest BCUT2D eigenvalue weighted by molar-refractivity contribution is 6.31. The Kier molecular flexibility index (Phi) is 4.35. The quantitative estimate of drug-likeness (QED) is 0.925. The molecule has 1 atom stereocenters. The molecule has 0 aliphatic rings. The summed E-state index contributed by atoms with van der Waals surface area (Å²) in [4.78, 5) is 11.4. The summed E-state index contributed by atoms with van der Waals surface area (Å²) in [6.45, 7) is 0. The first-order valence-corrected chi connectivity index (χ1v) is 6.28. The molecule has 1 N–H and O–H groups in total. The van der Waals surface area contributed by atoms with Crippen LogP contribution in [0.15, 0.2) is 42.5 Å². The minimum absolute atomic E-state index is 0.00458. The third-order valence-corrected chi connectivity index (χ3v) is 3.43. The van der Waals surface area contributed by atoms with Gasteiger partial charge in [0.15, 0.2) is 0 Å². The first-order chi connectivity index (χ1) is 9.49. The molecule has 20 heavy (non-hydrogen) atoms. The summed E-state index contributed by atoms with van der Waals surface area (Å²) in [6, 6.07) is 9.57. The van der Waals surface area contributed by atoms with E-state index in [1.807, 2.05) is 0 Å². The Morgan fingerprint density at radius 3 is 2.55 bits per heavy atom. The molecule has 2 nitrogen and oxygen atoms in total. The van der Waals surface area contributed by atoms with Crippen molar-refractivity contribution in [3.8, 4) is 0 Å². The molecule has 2 aromatic rings. The second-order valence-corrected chi connectivity index (χ2v) is 4.74. The van der Waals surface area contributed by atoms with Crippen molar-refractivity contribution < 1.29 is 18.7 Å². The van der Waals surface area contributed by atoms with Crippen LogP contribution in [0.5, 0.6) is 0 Å². The monoisotopic (exact) mass is 296 g/mol. The Hall–Kier alpha value is -1.94. The van der Waals surface area contributed by atoms with Crippen molar-refractivity contribution in [2.75, 3.05) is 0 Å². The molecule has 0 bridgehead atoms. The van der Waals surface area contributed by atoms with E-state index in [1.54, 1.807) is 6.07 Å². The molecule has 0 aromatic heterocycles. The molecule has 0 aliphatic carbocycles. The van der Waals surface area contributed by atoms with Gasteiger partial charge in [-0.1, -0.05) is 35.9 Å². The molecular weight excluding hydrogens is 286 g/mol. The van der Waals surface area contributed by atoms with E-state index in [0.717, 1.165) is 6.07 Å². The third-order valence-electron chi connectivity index (χ3n) is 3.00. The van der Waals surface area contributed by atoms with Gasteiger partial charge in [-0.25, -0.2) is 8.78 Å². The van der Waals surface area contributed by atoms with Crippen LogP contribution in [0.3, 0.4) is 0 Å². The summed E-state index contributed by atoms with van der Waals surface area (Å²) in [6.07, 6.45) is -0.00458. The predicted molar refractivity (Wildman–Crippen MR) is 71.9 cm³/mol. The highest BCUT2D eigenvalue weighted by Gasteiger charge is 2.22. The molecule has 104 valence electrons. The van der Waals surface area contributed by atoms with E-state index in [9.17, 15) is 18.7 Å². The van der Waals surface area contributed by atoms with Crippen molar-refractivity contribution in [2.24, 2.45) is 0 Å². The smallest absolute Gasteiger partial charge is 0.311 e. The average molecular weight is 297 g/mol. The lowest BCUT2D eigenvalue weighted by Gasteiger charge is -2.14. The summed E-state index contributed by atoms with van der Waals surface area (Å²) < 4.78 is 26.6. The van der Waals surface area contributed by atoms with E-state index in [0.29, 0.717) is 11.1 Å². The van der Waals surface area contributed by atoms with Gasteiger partial charge in [0.2, 0.25) is 0 Å². The standard InChI is InChI=1S/C15H11ClF2O2/c16-14-10(4-2-6-13(14)18)8-12(15(19)20)9-3-1-5-11(17)7-9/h1-7,12H,8H2,(H,19,20). The molecule has 2 aromatic carbocycles. The van der Waals surface area contributed by atoms with Crippen LogP contribution >= 0.6 is 11.6 Å². The molecule has 0 spiro atoms. The Morgan fingerprint density at radius 1 is 1.20 bits per heavy atom. The lowest BCUT2D eigenvalue weighted by Crippen LogP contribution is -2.15. The van der Waals surface area contributed by atoms with Crippen LogP contribution in [-0.4, -0.2) is 11.1 Å². The summed E-state index contributed by atoms with van der Waals surface area (Å²) in [5, 5.41) is 9.18. The number of halogens is 3. The SMILES string of the molecule is O=C(O)C(Cc1cccc(F)c1Cl)c1cccc(F)c1. The maximum atomic E-state index is 13.4. The van der Waals surface area contributed by atoms with E-state index < -0.39 is 23.5 Å². The van der Waals surface area contributed by atoms with Crippen molar-refractivity contribution in [3.63, 3.8) is 0 Å². The van der Waals surface area contributed by atoms with Gasteiger partial charge in [0, 0.05) is 0 Å². The van der Waals surface area contributed by atoms with Crippen LogP contribution in [0.1, 0.15) is 17.0 Å². The van der Waals surface area contributed by atoms with Crippen molar-refractivity contribution >= 4 is 17.6 Å². The van der Waals surface area contributed by atoms with Gasteiger partial charge >= 0.3 is 5.97 Å². The van der Waals surface area contributed by atoms with Gasteiger partial charge in [-0.2, -0.15) is 0 Å². The Bertz CT molecular complexity index is 644. The number of hydrogen-bond acceptors (Lipinski definition) is 1. The molecule has 1 unspecified atom stereocenters. The lowest BCUT2D eigenvalue weighted by atomic mass is 9.92. The number of rotatable bonds is 4. The third kappa shape index (κ3) is 3.14. The van der Waals surface area contributed by atoms with Gasteiger partial charge in [-0.15, -0.1) is 0 Å². The zero-order valence-corrected chi connectivity index (χ0v) is 11.1. The number of carbonyl (C=O) groups is 1. The van der Waals surface area contributed by atoms with Gasteiger partial charge in [-0.05, 0) is 35.7 Å². The second kappa shape index (κ2) is 6.01. The lowest BCUT2D eigenvalue weighted by molar-refractivity contribution is -0.138. The topological polar surface area (TPSA) is 37.3 Å². The maximum absolute atomic E-state index is 13.4. The van der Waals surface area contributed by atoms with Crippen LogP contribution in [0, 0.1) is 11.6 Å². The van der Waals surface area contributed by atoms with Gasteiger partial charge < -0.3 is 5.11 Å². The molecule has 5 heteroatoms. The van der Waals surface area contributed by atoms with E-state index in [4.69, 9.17) is 11.6 Å². The Balaban J connectivity index is 2.36. The maximum Gasteiger partial charge on any atom is 0.311 e. The molecule has 0 saturated heterocycles.